The van der Waals surface area contributed by atoms with E-state index in [1.165, 1.54) is 11.6 Å². The third kappa shape index (κ3) is 5.94. The molecule has 0 fully saturated rings. The van der Waals surface area contributed by atoms with E-state index in [-0.39, 0.29) is 55.2 Å². The Labute approximate surface area is 194 Å². The van der Waals surface area contributed by atoms with E-state index in [1.54, 1.807) is 13.0 Å². The molecule has 2 heterocycles. The van der Waals surface area contributed by atoms with Gasteiger partial charge >= 0.3 is 17.5 Å². The predicted molar refractivity (Wildman–Crippen MR) is 119 cm³/mol. The van der Waals surface area contributed by atoms with Crippen LogP contribution in [0, 0.1) is 37.8 Å². The molecule has 34 heavy (non-hydrogen) atoms. The monoisotopic (exact) mass is 471 g/mol. The molecular weight excluding hydrogens is 446 g/mol. The summed E-state index contributed by atoms with van der Waals surface area (Å²) < 4.78 is 11.8. The Morgan fingerprint density at radius 2 is 1.88 bits per heavy atom. The fourth-order valence-electron chi connectivity index (χ4n) is 3.11. The zero-order valence-electron chi connectivity index (χ0n) is 19.2. The Kier molecular flexibility index (Phi) is 7.56. The van der Waals surface area contributed by atoms with Crippen molar-refractivity contribution in [2.45, 2.75) is 34.2 Å². The number of hydrogen-bond donors (Lipinski definition) is 2. The molecule has 0 spiro atoms. The summed E-state index contributed by atoms with van der Waals surface area (Å²) in [5, 5.41) is 24.1. The number of carbonyl (C=O) groups is 2. The number of nitrogens with zero attached hydrogens (tertiary/aromatic N) is 5. The third-order valence-corrected chi connectivity index (χ3v) is 5.06. The van der Waals surface area contributed by atoms with Gasteiger partial charge in [0.15, 0.2) is 12.4 Å². The highest BCUT2D eigenvalue weighted by molar-refractivity contribution is 5.89. The van der Waals surface area contributed by atoms with E-state index in [1.807, 2.05) is 26.0 Å². The van der Waals surface area contributed by atoms with Gasteiger partial charge in [-0.1, -0.05) is 11.2 Å². The molecule has 3 rings (SSSR count). The summed E-state index contributed by atoms with van der Waals surface area (Å²) in [6.07, 6.45) is 0. The van der Waals surface area contributed by atoms with Crippen LogP contribution < -0.4 is 15.4 Å². The van der Waals surface area contributed by atoms with Gasteiger partial charge in [-0.25, -0.2) is 0 Å². The minimum Gasteiger partial charge on any atom is -0.484 e. The lowest BCUT2D eigenvalue weighted by Gasteiger charge is -2.09. The number of nitro groups is 1. The first-order valence-electron chi connectivity index (χ1n) is 10.4. The SMILES string of the molecule is Cc1ccc(OCC(=O)NCCNC(=O)c2nc(Cn3nc(C)c([N+](=O)[O-])c3C)no2)cc1C. The maximum Gasteiger partial charge on any atom is 0.316 e. The Bertz CT molecular complexity index is 1220. The van der Waals surface area contributed by atoms with Gasteiger partial charge < -0.3 is 19.9 Å². The number of aromatic nitrogens is 4. The van der Waals surface area contributed by atoms with Crippen LogP contribution in [0.1, 0.15) is 39.0 Å². The highest BCUT2D eigenvalue weighted by Crippen LogP contribution is 2.22. The van der Waals surface area contributed by atoms with Crippen molar-refractivity contribution in [3.05, 3.63) is 62.5 Å². The molecule has 2 aromatic heterocycles. The van der Waals surface area contributed by atoms with Crippen LogP contribution in [0.5, 0.6) is 5.75 Å². The zero-order chi connectivity index (χ0) is 24.8. The second-order valence-corrected chi connectivity index (χ2v) is 7.59. The van der Waals surface area contributed by atoms with Crippen molar-refractivity contribution in [2.75, 3.05) is 19.7 Å². The summed E-state index contributed by atoms with van der Waals surface area (Å²) in [7, 11) is 0. The van der Waals surface area contributed by atoms with Crippen molar-refractivity contribution in [1.29, 1.82) is 0 Å². The maximum atomic E-state index is 12.2. The molecule has 0 atom stereocenters. The fourth-order valence-corrected chi connectivity index (χ4v) is 3.11. The molecule has 3 aromatic rings. The first kappa shape index (κ1) is 24.4. The second-order valence-electron chi connectivity index (χ2n) is 7.59. The number of hydrogen-bond acceptors (Lipinski definition) is 9. The molecule has 0 aliphatic rings. The summed E-state index contributed by atoms with van der Waals surface area (Å²) in [5.41, 5.74) is 2.74. The minimum atomic E-state index is -0.612. The summed E-state index contributed by atoms with van der Waals surface area (Å²) >= 11 is 0. The van der Waals surface area contributed by atoms with E-state index in [9.17, 15) is 19.7 Å². The molecule has 0 aliphatic carbocycles. The number of rotatable bonds is 10. The number of aryl methyl sites for hydroxylation is 3. The van der Waals surface area contributed by atoms with Crippen LogP contribution in [-0.4, -0.2) is 56.4 Å². The van der Waals surface area contributed by atoms with Gasteiger partial charge in [0.1, 0.15) is 23.7 Å². The van der Waals surface area contributed by atoms with Crippen molar-refractivity contribution in [3.63, 3.8) is 0 Å². The molecule has 0 unspecified atom stereocenters. The number of nitrogens with one attached hydrogen (secondary N) is 2. The highest BCUT2D eigenvalue weighted by Gasteiger charge is 2.23. The summed E-state index contributed by atoms with van der Waals surface area (Å²) in [6, 6.07) is 5.57. The number of ether oxygens (including phenoxy) is 1. The molecular formula is C21H25N7O6. The molecule has 2 N–H and O–H groups in total. The molecule has 13 heteroatoms. The Balaban J connectivity index is 1.42. The van der Waals surface area contributed by atoms with Crippen molar-refractivity contribution in [2.24, 2.45) is 0 Å². The van der Waals surface area contributed by atoms with E-state index in [2.05, 4.69) is 25.9 Å². The van der Waals surface area contributed by atoms with Crippen molar-refractivity contribution in [1.82, 2.24) is 30.6 Å². The lowest BCUT2D eigenvalue weighted by molar-refractivity contribution is -0.386. The van der Waals surface area contributed by atoms with E-state index < -0.39 is 10.8 Å². The van der Waals surface area contributed by atoms with Crippen molar-refractivity contribution >= 4 is 17.5 Å². The van der Waals surface area contributed by atoms with Crippen LogP contribution in [0.15, 0.2) is 22.7 Å². The van der Waals surface area contributed by atoms with Crippen LogP contribution in [0.25, 0.3) is 0 Å². The predicted octanol–water partition coefficient (Wildman–Crippen LogP) is 1.38. The average molecular weight is 471 g/mol. The summed E-state index contributed by atoms with van der Waals surface area (Å²) in [4.78, 5) is 38.7. The summed E-state index contributed by atoms with van der Waals surface area (Å²) in [5.74, 6) is -0.461. The lowest BCUT2D eigenvalue weighted by Crippen LogP contribution is -2.36. The highest BCUT2D eigenvalue weighted by atomic mass is 16.6. The number of carbonyl (C=O) groups excluding carboxylic acids is 2. The molecule has 0 aliphatic heterocycles. The smallest absolute Gasteiger partial charge is 0.316 e. The van der Waals surface area contributed by atoms with E-state index in [0.29, 0.717) is 11.4 Å². The fraction of sp³-hybridized carbons (Fsp3) is 0.381. The molecule has 0 bridgehead atoms. The molecule has 13 nitrogen and oxygen atoms in total. The van der Waals surface area contributed by atoms with Crippen molar-refractivity contribution in [3.8, 4) is 5.75 Å². The molecule has 180 valence electrons. The maximum absolute atomic E-state index is 12.2. The van der Waals surface area contributed by atoms with E-state index in [0.717, 1.165) is 11.1 Å². The Morgan fingerprint density at radius 3 is 2.56 bits per heavy atom. The van der Waals surface area contributed by atoms with E-state index in [4.69, 9.17) is 9.26 Å². The van der Waals surface area contributed by atoms with Crippen LogP contribution in [-0.2, 0) is 11.3 Å². The van der Waals surface area contributed by atoms with E-state index >= 15 is 0 Å². The van der Waals surface area contributed by atoms with Gasteiger partial charge in [0, 0.05) is 13.1 Å². The van der Waals surface area contributed by atoms with Crippen molar-refractivity contribution < 1.29 is 23.8 Å². The largest absolute Gasteiger partial charge is 0.484 e. The Morgan fingerprint density at radius 1 is 1.15 bits per heavy atom. The average Bonchev–Trinajstić information content (AvgIpc) is 3.36. The minimum absolute atomic E-state index is 0.00780. The van der Waals surface area contributed by atoms with Gasteiger partial charge in [-0.05, 0) is 51.0 Å². The van der Waals surface area contributed by atoms with Gasteiger partial charge in [-0.3, -0.25) is 24.4 Å². The molecule has 0 saturated heterocycles. The number of benzene rings is 1. The molecule has 0 radical (unpaired) electrons. The van der Waals surface area contributed by atoms with Gasteiger partial charge in [0.2, 0.25) is 0 Å². The zero-order valence-corrected chi connectivity index (χ0v) is 19.2. The van der Waals surface area contributed by atoms with Crippen LogP contribution >= 0.6 is 0 Å². The Hall–Kier alpha value is -4.29. The van der Waals surface area contributed by atoms with Crippen LogP contribution in [0.4, 0.5) is 5.69 Å². The first-order valence-corrected chi connectivity index (χ1v) is 10.4. The normalized spacial score (nSPS) is 10.7. The first-order chi connectivity index (χ1) is 16.2. The van der Waals surface area contributed by atoms with Gasteiger partial charge in [-0.2, -0.15) is 10.1 Å². The van der Waals surface area contributed by atoms with Crippen LogP contribution in [0.2, 0.25) is 0 Å². The van der Waals surface area contributed by atoms with Gasteiger partial charge in [0.25, 0.3) is 5.91 Å². The molecule has 1 aromatic carbocycles. The topological polar surface area (TPSA) is 167 Å². The lowest BCUT2D eigenvalue weighted by atomic mass is 10.1. The molecule has 2 amide bonds. The third-order valence-electron chi connectivity index (χ3n) is 5.06. The second kappa shape index (κ2) is 10.6. The van der Waals surface area contributed by atoms with Gasteiger partial charge in [-0.15, -0.1) is 0 Å². The van der Waals surface area contributed by atoms with Gasteiger partial charge in [0.05, 0.1) is 4.92 Å². The number of amides is 2. The standard InChI is InChI=1S/C21H25N7O6/c1-12-5-6-16(9-13(12)2)33-11-18(29)22-7-8-23-20(30)21-24-17(26-34-21)10-27-15(4)19(28(31)32)14(3)25-27/h5-6,9H,7-8,10-11H2,1-4H3,(H,22,29)(H,23,30). The molecule has 0 saturated carbocycles. The van der Waals surface area contributed by atoms with Crippen LogP contribution in [0.3, 0.4) is 0 Å². The summed E-state index contributed by atoms with van der Waals surface area (Å²) in [6.45, 7) is 7.22. The quantitative estimate of drug-likeness (QED) is 0.252.